The molecular weight excluding hydrogens is 288 g/mol. The molecule has 1 aromatic heterocycles. The van der Waals surface area contributed by atoms with Crippen LogP contribution in [0.5, 0.6) is 0 Å². The quantitative estimate of drug-likeness (QED) is 0.634. The van der Waals surface area contributed by atoms with Gasteiger partial charge in [-0.05, 0) is 12.6 Å². The van der Waals surface area contributed by atoms with Gasteiger partial charge in [-0.2, -0.15) is 4.98 Å². The number of aromatic nitrogens is 3. The Morgan fingerprint density at radius 1 is 1.29 bits per heavy atom. The first-order chi connectivity index (χ1) is 10.0. The summed E-state index contributed by atoms with van der Waals surface area (Å²) in [5.41, 5.74) is -0.305. The molecule has 1 aromatic carbocycles. The molecule has 0 fully saturated rings. The Morgan fingerprint density at radius 2 is 1.95 bits per heavy atom. The topological polar surface area (TPSA) is 79.8 Å². The first-order valence-electron chi connectivity index (χ1n) is 6.59. The molecule has 0 aliphatic carbocycles. The van der Waals surface area contributed by atoms with E-state index in [0.29, 0.717) is 5.16 Å². The molecule has 2 rings (SSSR count). The Bertz CT molecular complexity index is 711. The number of benzene rings is 1. The average Bonchev–Trinajstić information content (AvgIpc) is 2.46. The third-order valence-corrected chi connectivity index (χ3v) is 4.40. The number of nitrogens with one attached hydrogen (secondary N) is 2. The number of aryl methyl sites for hydroxylation is 1. The van der Waals surface area contributed by atoms with Crippen molar-refractivity contribution in [3.8, 4) is 0 Å². The van der Waals surface area contributed by atoms with E-state index in [2.05, 4.69) is 34.5 Å². The number of thioether (sulfide) groups is 1. The number of H-pyrrole nitrogens is 1. The van der Waals surface area contributed by atoms with Crippen molar-refractivity contribution in [3.05, 3.63) is 56.6 Å². The van der Waals surface area contributed by atoms with Crippen LogP contribution >= 0.6 is 11.8 Å². The second-order valence-corrected chi connectivity index (χ2v) is 6.04. The van der Waals surface area contributed by atoms with E-state index < -0.39 is 11.1 Å². The molecule has 2 unspecified atom stereocenters. The minimum absolute atomic E-state index is 0.111. The number of hydrogen-bond donors (Lipinski definition) is 2. The van der Waals surface area contributed by atoms with Gasteiger partial charge in [-0.3, -0.25) is 19.4 Å². The summed E-state index contributed by atoms with van der Waals surface area (Å²) in [7, 11) is 3.56. The Morgan fingerprint density at radius 3 is 2.57 bits per heavy atom. The normalized spacial score (nSPS) is 13.9. The molecule has 2 aromatic rings. The van der Waals surface area contributed by atoms with Crippen molar-refractivity contribution in [2.45, 2.75) is 23.4 Å². The smallest absolute Gasteiger partial charge is 0.312 e. The van der Waals surface area contributed by atoms with Gasteiger partial charge in [0.05, 0.1) is 0 Å². The Balaban J connectivity index is 2.24. The number of hydrogen-bond acceptors (Lipinski definition) is 5. The first kappa shape index (κ1) is 15.5. The van der Waals surface area contributed by atoms with Gasteiger partial charge in [-0.15, -0.1) is 0 Å². The molecule has 0 saturated heterocycles. The highest BCUT2D eigenvalue weighted by atomic mass is 32.2. The predicted octanol–water partition coefficient (Wildman–Crippen LogP) is 0.910. The molecule has 112 valence electrons. The van der Waals surface area contributed by atoms with Crippen LogP contribution in [0.2, 0.25) is 0 Å². The molecule has 2 N–H and O–H groups in total. The van der Waals surface area contributed by atoms with Gasteiger partial charge in [0.1, 0.15) is 0 Å². The van der Waals surface area contributed by atoms with E-state index in [1.54, 1.807) is 7.05 Å². The van der Waals surface area contributed by atoms with Gasteiger partial charge in [-0.25, -0.2) is 0 Å². The molecule has 0 saturated carbocycles. The maximum atomic E-state index is 11.4. The largest absolute Gasteiger partial charge is 0.339 e. The van der Waals surface area contributed by atoms with E-state index in [0.717, 1.165) is 5.56 Å². The van der Waals surface area contributed by atoms with Crippen molar-refractivity contribution in [3.63, 3.8) is 0 Å². The lowest BCUT2D eigenvalue weighted by Crippen LogP contribution is -2.34. The second kappa shape index (κ2) is 6.73. The maximum Gasteiger partial charge on any atom is 0.339 e. The molecule has 0 aliphatic heterocycles. The van der Waals surface area contributed by atoms with Crippen LogP contribution in [0.4, 0.5) is 0 Å². The summed E-state index contributed by atoms with van der Waals surface area (Å²) in [6, 6.07) is 10.2. The summed E-state index contributed by atoms with van der Waals surface area (Å²) in [5, 5.41) is 6.35. The molecule has 21 heavy (non-hydrogen) atoms. The van der Waals surface area contributed by atoms with Crippen LogP contribution in [0.25, 0.3) is 0 Å². The van der Waals surface area contributed by atoms with Crippen molar-refractivity contribution in [1.29, 1.82) is 0 Å². The third-order valence-electron chi connectivity index (χ3n) is 3.18. The zero-order chi connectivity index (χ0) is 15.4. The minimum atomic E-state index is -0.761. The van der Waals surface area contributed by atoms with Crippen LogP contribution < -0.4 is 16.4 Å². The van der Waals surface area contributed by atoms with Gasteiger partial charge in [0.25, 0.3) is 0 Å². The summed E-state index contributed by atoms with van der Waals surface area (Å²) >= 11 is 1.44. The molecule has 0 bridgehead atoms. The molecule has 6 nitrogen and oxygen atoms in total. The summed E-state index contributed by atoms with van der Waals surface area (Å²) in [4.78, 5) is 26.4. The fourth-order valence-corrected chi connectivity index (χ4v) is 3.23. The molecule has 7 heteroatoms. The van der Waals surface area contributed by atoms with Gasteiger partial charge < -0.3 is 5.32 Å². The third kappa shape index (κ3) is 3.62. The van der Waals surface area contributed by atoms with Gasteiger partial charge >= 0.3 is 11.1 Å². The van der Waals surface area contributed by atoms with E-state index in [4.69, 9.17) is 0 Å². The molecule has 0 amide bonds. The van der Waals surface area contributed by atoms with Crippen LogP contribution in [0.1, 0.15) is 18.5 Å². The zero-order valence-corrected chi connectivity index (χ0v) is 13.0. The zero-order valence-electron chi connectivity index (χ0n) is 12.2. The lowest BCUT2D eigenvalue weighted by atomic mass is 10.0. The van der Waals surface area contributed by atoms with Gasteiger partial charge in [0.2, 0.25) is 0 Å². The second-order valence-electron chi connectivity index (χ2n) is 4.70. The van der Waals surface area contributed by atoms with Crippen LogP contribution in [0.15, 0.2) is 45.1 Å². The number of aromatic amines is 1. The molecule has 0 radical (unpaired) electrons. The van der Waals surface area contributed by atoms with Gasteiger partial charge in [-0.1, -0.05) is 49.0 Å². The van der Waals surface area contributed by atoms with Gasteiger partial charge in [0.15, 0.2) is 5.16 Å². The van der Waals surface area contributed by atoms with Gasteiger partial charge in [0, 0.05) is 18.3 Å². The maximum absolute atomic E-state index is 11.4. The minimum Gasteiger partial charge on any atom is -0.312 e. The van der Waals surface area contributed by atoms with E-state index in [9.17, 15) is 9.59 Å². The molecular formula is C14H18N4O2S. The Labute approximate surface area is 126 Å². The molecule has 1 heterocycles. The van der Waals surface area contributed by atoms with Crippen molar-refractivity contribution in [1.82, 2.24) is 20.1 Å². The Kier molecular flexibility index (Phi) is 4.98. The van der Waals surface area contributed by atoms with Crippen LogP contribution in [-0.2, 0) is 7.05 Å². The van der Waals surface area contributed by atoms with Crippen LogP contribution in [0, 0.1) is 0 Å². The number of rotatable bonds is 5. The first-order valence-corrected chi connectivity index (χ1v) is 7.47. The van der Waals surface area contributed by atoms with E-state index in [1.165, 1.54) is 16.4 Å². The Hall–Kier alpha value is -1.86. The van der Waals surface area contributed by atoms with E-state index >= 15 is 0 Å². The number of nitrogens with zero attached hydrogens (tertiary/aromatic N) is 2. The van der Waals surface area contributed by atoms with Crippen molar-refractivity contribution >= 4 is 11.8 Å². The fraction of sp³-hybridized carbons (Fsp3) is 0.357. The highest BCUT2D eigenvalue weighted by Crippen LogP contribution is 2.29. The van der Waals surface area contributed by atoms with Crippen molar-refractivity contribution < 1.29 is 0 Å². The SMILES string of the molecule is CNC(c1ccccc1)C(C)Sc1nc(=O)c(=O)[nH]n1C. The van der Waals surface area contributed by atoms with Crippen molar-refractivity contribution in [2.24, 2.45) is 7.05 Å². The monoisotopic (exact) mass is 306 g/mol. The highest BCUT2D eigenvalue weighted by molar-refractivity contribution is 7.99. The molecule has 0 spiro atoms. The lowest BCUT2D eigenvalue weighted by Gasteiger charge is -2.23. The van der Waals surface area contributed by atoms with Crippen LogP contribution in [0.3, 0.4) is 0 Å². The van der Waals surface area contributed by atoms with E-state index in [1.807, 2.05) is 25.2 Å². The summed E-state index contributed by atoms with van der Waals surface area (Å²) < 4.78 is 1.47. The predicted molar refractivity (Wildman–Crippen MR) is 83.7 cm³/mol. The summed E-state index contributed by atoms with van der Waals surface area (Å²) in [5.74, 6) is 0. The summed E-state index contributed by atoms with van der Waals surface area (Å²) in [6.45, 7) is 2.05. The fourth-order valence-electron chi connectivity index (χ4n) is 2.13. The lowest BCUT2D eigenvalue weighted by molar-refractivity contribution is 0.571. The standard InChI is InChI=1S/C14H18N4O2S/c1-9(11(15-2)10-7-5-4-6-8-10)21-14-16-12(19)13(20)17-18(14)3/h4-9,11,15H,1-3H3,(H,17,20). The van der Waals surface area contributed by atoms with Crippen molar-refractivity contribution in [2.75, 3.05) is 7.05 Å². The summed E-state index contributed by atoms with van der Waals surface area (Å²) in [6.07, 6.45) is 0. The highest BCUT2D eigenvalue weighted by Gasteiger charge is 2.20. The average molecular weight is 306 g/mol. The molecule has 0 aliphatic rings. The molecule has 2 atom stereocenters. The van der Waals surface area contributed by atoms with Crippen LogP contribution in [-0.4, -0.2) is 27.1 Å². The van der Waals surface area contributed by atoms with E-state index in [-0.39, 0.29) is 11.3 Å².